The van der Waals surface area contributed by atoms with Gasteiger partial charge in [0.15, 0.2) is 0 Å². The minimum absolute atomic E-state index is 0.376. The summed E-state index contributed by atoms with van der Waals surface area (Å²) < 4.78 is 0. The lowest BCUT2D eigenvalue weighted by Crippen LogP contribution is -2.12. The summed E-state index contributed by atoms with van der Waals surface area (Å²) in [5, 5.41) is 7.44. The first-order chi connectivity index (χ1) is 8.74. The Kier molecular flexibility index (Phi) is 3.52. The standard InChI is InChI=1S/C12H11Cl2N3S/c13-7-4-8(14)11(16-5-7)12-17-10(6-18-12)9-2-1-3-15-9/h4-6,9,15H,1-3H2. The van der Waals surface area contributed by atoms with Gasteiger partial charge in [-0.1, -0.05) is 23.2 Å². The van der Waals surface area contributed by atoms with E-state index in [0.29, 0.717) is 21.8 Å². The molecule has 94 valence electrons. The second-order valence-electron chi connectivity index (χ2n) is 4.21. The van der Waals surface area contributed by atoms with E-state index in [1.54, 1.807) is 23.6 Å². The third-order valence-electron chi connectivity index (χ3n) is 2.95. The Labute approximate surface area is 119 Å². The molecule has 1 atom stereocenters. The lowest BCUT2D eigenvalue weighted by molar-refractivity contribution is 0.632. The summed E-state index contributed by atoms with van der Waals surface area (Å²) in [5.74, 6) is 0. The van der Waals surface area contributed by atoms with Gasteiger partial charge in [0, 0.05) is 11.6 Å². The van der Waals surface area contributed by atoms with Gasteiger partial charge in [-0.05, 0) is 25.5 Å². The molecule has 1 aliphatic heterocycles. The normalized spacial score (nSPS) is 19.3. The predicted molar refractivity (Wildman–Crippen MR) is 75.3 cm³/mol. The van der Waals surface area contributed by atoms with E-state index in [1.165, 1.54) is 6.42 Å². The lowest BCUT2D eigenvalue weighted by Gasteiger charge is -2.05. The van der Waals surface area contributed by atoms with Crippen molar-refractivity contribution in [2.75, 3.05) is 6.54 Å². The van der Waals surface area contributed by atoms with Crippen LogP contribution >= 0.6 is 34.5 Å². The van der Waals surface area contributed by atoms with E-state index in [-0.39, 0.29) is 0 Å². The van der Waals surface area contributed by atoms with Crippen molar-refractivity contribution in [3.05, 3.63) is 33.4 Å². The topological polar surface area (TPSA) is 37.8 Å². The van der Waals surface area contributed by atoms with Crippen LogP contribution in [0.3, 0.4) is 0 Å². The minimum atomic E-state index is 0.376. The van der Waals surface area contributed by atoms with E-state index < -0.39 is 0 Å². The number of aromatic nitrogens is 2. The van der Waals surface area contributed by atoms with Crippen LogP contribution in [0.1, 0.15) is 24.6 Å². The highest BCUT2D eigenvalue weighted by molar-refractivity contribution is 7.13. The van der Waals surface area contributed by atoms with Gasteiger partial charge in [-0.3, -0.25) is 4.98 Å². The Bertz CT molecular complexity index is 564. The molecule has 3 heterocycles. The van der Waals surface area contributed by atoms with Crippen LogP contribution in [0.15, 0.2) is 17.6 Å². The first-order valence-corrected chi connectivity index (χ1v) is 7.38. The smallest absolute Gasteiger partial charge is 0.143 e. The third-order valence-corrected chi connectivity index (χ3v) is 4.31. The molecule has 1 saturated heterocycles. The fourth-order valence-corrected chi connectivity index (χ4v) is 3.47. The number of hydrogen-bond donors (Lipinski definition) is 1. The second-order valence-corrected chi connectivity index (χ2v) is 5.91. The van der Waals surface area contributed by atoms with Crippen LogP contribution in [-0.2, 0) is 0 Å². The van der Waals surface area contributed by atoms with Gasteiger partial charge >= 0.3 is 0 Å². The first kappa shape index (κ1) is 12.4. The minimum Gasteiger partial charge on any atom is -0.309 e. The van der Waals surface area contributed by atoms with Crippen molar-refractivity contribution in [2.45, 2.75) is 18.9 Å². The van der Waals surface area contributed by atoms with E-state index in [0.717, 1.165) is 23.7 Å². The van der Waals surface area contributed by atoms with Gasteiger partial charge in [0.25, 0.3) is 0 Å². The number of pyridine rings is 1. The van der Waals surface area contributed by atoms with E-state index in [2.05, 4.69) is 20.7 Å². The Morgan fingerprint density at radius 2 is 2.28 bits per heavy atom. The maximum absolute atomic E-state index is 6.14. The van der Waals surface area contributed by atoms with Gasteiger partial charge in [-0.2, -0.15) is 0 Å². The maximum atomic E-state index is 6.14. The quantitative estimate of drug-likeness (QED) is 0.913. The first-order valence-electron chi connectivity index (χ1n) is 5.74. The molecule has 6 heteroatoms. The number of rotatable bonds is 2. The predicted octanol–water partition coefficient (Wildman–Crippen LogP) is 3.94. The summed E-state index contributed by atoms with van der Waals surface area (Å²) >= 11 is 13.5. The molecule has 3 rings (SSSR count). The molecule has 0 saturated carbocycles. The van der Waals surface area contributed by atoms with Crippen molar-refractivity contribution in [3.8, 4) is 10.7 Å². The maximum Gasteiger partial charge on any atom is 0.143 e. The Morgan fingerprint density at radius 3 is 3.00 bits per heavy atom. The highest BCUT2D eigenvalue weighted by atomic mass is 35.5. The zero-order chi connectivity index (χ0) is 12.5. The van der Waals surface area contributed by atoms with Gasteiger partial charge in [0.1, 0.15) is 10.7 Å². The number of thiazole rings is 1. The van der Waals surface area contributed by atoms with Crippen LogP contribution in [0, 0.1) is 0 Å². The highest BCUT2D eigenvalue weighted by Crippen LogP contribution is 2.32. The number of hydrogen-bond acceptors (Lipinski definition) is 4. The van der Waals surface area contributed by atoms with Crippen molar-refractivity contribution in [1.29, 1.82) is 0 Å². The molecule has 2 aromatic heterocycles. The molecule has 1 unspecified atom stereocenters. The summed E-state index contributed by atoms with van der Waals surface area (Å²) in [7, 11) is 0. The highest BCUT2D eigenvalue weighted by Gasteiger charge is 2.20. The van der Waals surface area contributed by atoms with Crippen LogP contribution in [-0.4, -0.2) is 16.5 Å². The van der Waals surface area contributed by atoms with E-state index in [9.17, 15) is 0 Å². The molecule has 0 spiro atoms. The number of nitrogens with one attached hydrogen (secondary N) is 1. The average molecular weight is 300 g/mol. The fraction of sp³-hybridized carbons (Fsp3) is 0.333. The van der Waals surface area contributed by atoms with Crippen molar-refractivity contribution >= 4 is 34.5 Å². The van der Waals surface area contributed by atoms with Crippen molar-refractivity contribution in [1.82, 2.24) is 15.3 Å². The molecular weight excluding hydrogens is 289 g/mol. The summed E-state index contributed by atoms with van der Waals surface area (Å²) in [6.07, 6.45) is 3.94. The van der Waals surface area contributed by atoms with Crippen molar-refractivity contribution in [2.24, 2.45) is 0 Å². The Hall–Kier alpha value is -0.680. The monoisotopic (exact) mass is 299 g/mol. The Balaban J connectivity index is 1.92. The van der Waals surface area contributed by atoms with Gasteiger partial charge in [0.05, 0.1) is 21.8 Å². The molecule has 0 aromatic carbocycles. The summed E-state index contributed by atoms with van der Waals surface area (Å²) in [6.45, 7) is 1.07. The van der Waals surface area contributed by atoms with E-state index >= 15 is 0 Å². The fourth-order valence-electron chi connectivity index (χ4n) is 2.06. The second kappa shape index (κ2) is 5.13. The van der Waals surface area contributed by atoms with Crippen LogP contribution in [0.2, 0.25) is 10.0 Å². The van der Waals surface area contributed by atoms with Gasteiger partial charge in [-0.15, -0.1) is 11.3 Å². The molecule has 0 bridgehead atoms. The zero-order valence-electron chi connectivity index (χ0n) is 9.49. The molecule has 1 N–H and O–H groups in total. The summed E-state index contributed by atoms with van der Waals surface area (Å²) in [5.41, 5.74) is 1.79. The molecule has 3 nitrogen and oxygen atoms in total. The van der Waals surface area contributed by atoms with Crippen LogP contribution in [0.5, 0.6) is 0 Å². The zero-order valence-corrected chi connectivity index (χ0v) is 11.8. The summed E-state index contributed by atoms with van der Waals surface area (Å²) in [4.78, 5) is 8.87. The molecule has 0 radical (unpaired) electrons. The SMILES string of the molecule is Clc1cnc(-c2nc(C3CCCN3)cs2)c(Cl)c1. The lowest BCUT2D eigenvalue weighted by atomic mass is 10.2. The molecule has 2 aromatic rings. The van der Waals surface area contributed by atoms with Crippen molar-refractivity contribution < 1.29 is 0 Å². The van der Waals surface area contributed by atoms with Gasteiger partial charge < -0.3 is 5.32 Å². The van der Waals surface area contributed by atoms with Crippen LogP contribution in [0.25, 0.3) is 10.7 Å². The molecule has 0 aliphatic carbocycles. The Morgan fingerprint density at radius 1 is 1.39 bits per heavy atom. The number of nitrogens with zero attached hydrogens (tertiary/aromatic N) is 2. The van der Waals surface area contributed by atoms with Gasteiger partial charge in [-0.25, -0.2) is 4.98 Å². The van der Waals surface area contributed by atoms with Crippen LogP contribution in [0.4, 0.5) is 0 Å². The summed E-state index contributed by atoms with van der Waals surface area (Å²) in [6, 6.07) is 2.07. The molecule has 0 amide bonds. The molecule has 1 fully saturated rings. The molecule has 1 aliphatic rings. The largest absolute Gasteiger partial charge is 0.309 e. The third kappa shape index (κ3) is 2.38. The number of halogens is 2. The molecular formula is C12H11Cl2N3S. The molecule has 18 heavy (non-hydrogen) atoms. The van der Waals surface area contributed by atoms with Crippen LogP contribution < -0.4 is 5.32 Å². The van der Waals surface area contributed by atoms with E-state index in [4.69, 9.17) is 23.2 Å². The van der Waals surface area contributed by atoms with Crippen molar-refractivity contribution in [3.63, 3.8) is 0 Å². The average Bonchev–Trinajstić information content (AvgIpc) is 2.99. The van der Waals surface area contributed by atoms with E-state index in [1.807, 2.05) is 0 Å². The van der Waals surface area contributed by atoms with Gasteiger partial charge in [0.2, 0.25) is 0 Å².